The van der Waals surface area contributed by atoms with Crippen molar-refractivity contribution >= 4 is 0 Å². The molecule has 0 N–H and O–H groups in total. The van der Waals surface area contributed by atoms with Crippen molar-refractivity contribution in [2.24, 2.45) is 0 Å². The molecular weight excluding hydrogens is 183 g/mol. The van der Waals surface area contributed by atoms with E-state index in [0.717, 1.165) is 6.20 Å². The van der Waals surface area contributed by atoms with Crippen LogP contribution in [0.25, 0.3) is 0 Å². The molecule has 0 aliphatic heterocycles. The molecule has 0 radical (unpaired) electrons. The van der Waals surface area contributed by atoms with Gasteiger partial charge in [-0.3, -0.25) is 0 Å². The summed E-state index contributed by atoms with van der Waals surface area (Å²) in [6.45, 7) is 1.33. The summed E-state index contributed by atoms with van der Waals surface area (Å²) in [4.78, 5) is 6.18. The quantitative estimate of drug-likeness (QED) is 0.620. The standard InChI is InChI=1S/C7H4F3N3/c1-4-5(2-11)3-12-6(13-4)7(8,9)10/h3H,1H3. The number of nitrogens with zero attached hydrogens (tertiary/aromatic N) is 3. The summed E-state index contributed by atoms with van der Waals surface area (Å²) < 4.78 is 36.0. The molecule has 0 unspecified atom stereocenters. The number of halogens is 3. The molecule has 13 heavy (non-hydrogen) atoms. The van der Waals surface area contributed by atoms with E-state index in [1.165, 1.54) is 6.92 Å². The fourth-order valence-electron chi connectivity index (χ4n) is 0.713. The first-order chi connectivity index (χ1) is 5.95. The van der Waals surface area contributed by atoms with Crippen molar-refractivity contribution in [2.45, 2.75) is 13.1 Å². The molecule has 0 amide bonds. The van der Waals surface area contributed by atoms with E-state index >= 15 is 0 Å². The molecule has 0 saturated heterocycles. The normalized spacial score (nSPS) is 11.0. The van der Waals surface area contributed by atoms with Crippen molar-refractivity contribution in [1.82, 2.24) is 9.97 Å². The fourth-order valence-corrected chi connectivity index (χ4v) is 0.713. The summed E-state index contributed by atoms with van der Waals surface area (Å²) in [6, 6.07) is 1.68. The number of rotatable bonds is 0. The van der Waals surface area contributed by atoms with E-state index in [1.807, 2.05) is 0 Å². The van der Waals surface area contributed by atoms with Crippen LogP contribution in [0.4, 0.5) is 13.2 Å². The van der Waals surface area contributed by atoms with Gasteiger partial charge in [-0.05, 0) is 6.92 Å². The second-order valence-corrected chi connectivity index (χ2v) is 2.30. The summed E-state index contributed by atoms with van der Waals surface area (Å²) in [5.74, 6) is -1.22. The highest BCUT2D eigenvalue weighted by atomic mass is 19.4. The molecule has 0 fully saturated rings. The Morgan fingerprint density at radius 2 is 2.08 bits per heavy atom. The SMILES string of the molecule is Cc1nc(C(F)(F)F)ncc1C#N. The van der Waals surface area contributed by atoms with Crippen LogP contribution in [-0.2, 0) is 6.18 Å². The van der Waals surface area contributed by atoms with E-state index in [0.29, 0.717) is 0 Å². The molecule has 1 rings (SSSR count). The molecule has 1 heterocycles. The largest absolute Gasteiger partial charge is 0.451 e. The average Bonchev–Trinajstić information content (AvgIpc) is 2.02. The second kappa shape index (κ2) is 3.01. The van der Waals surface area contributed by atoms with Crippen molar-refractivity contribution in [1.29, 1.82) is 5.26 Å². The highest BCUT2D eigenvalue weighted by Crippen LogP contribution is 2.25. The molecule has 3 nitrogen and oxygen atoms in total. The Kier molecular flexibility index (Phi) is 2.19. The van der Waals surface area contributed by atoms with Crippen LogP contribution in [0.2, 0.25) is 0 Å². The van der Waals surface area contributed by atoms with Gasteiger partial charge in [-0.15, -0.1) is 0 Å². The zero-order valence-electron chi connectivity index (χ0n) is 6.55. The lowest BCUT2D eigenvalue weighted by Gasteiger charge is -2.04. The number of nitriles is 1. The van der Waals surface area contributed by atoms with Crippen LogP contribution in [0.3, 0.4) is 0 Å². The third-order valence-electron chi connectivity index (χ3n) is 1.35. The third kappa shape index (κ3) is 1.93. The van der Waals surface area contributed by atoms with Gasteiger partial charge in [0.1, 0.15) is 6.07 Å². The molecule has 68 valence electrons. The van der Waals surface area contributed by atoms with Gasteiger partial charge in [0, 0.05) is 6.20 Å². The summed E-state index contributed by atoms with van der Waals surface area (Å²) in [5, 5.41) is 8.40. The van der Waals surface area contributed by atoms with E-state index < -0.39 is 12.0 Å². The summed E-state index contributed by atoms with van der Waals surface area (Å²) in [5.41, 5.74) is 0.0813. The van der Waals surface area contributed by atoms with Crippen molar-refractivity contribution in [3.8, 4) is 6.07 Å². The number of hydrogen-bond acceptors (Lipinski definition) is 3. The van der Waals surface area contributed by atoms with Gasteiger partial charge in [-0.2, -0.15) is 18.4 Å². The molecule has 0 aliphatic carbocycles. The molecule has 0 aliphatic rings. The highest BCUT2D eigenvalue weighted by molar-refractivity contribution is 5.29. The number of aromatic nitrogens is 2. The molecule has 0 saturated carbocycles. The van der Waals surface area contributed by atoms with E-state index in [1.54, 1.807) is 6.07 Å². The van der Waals surface area contributed by atoms with Crippen molar-refractivity contribution < 1.29 is 13.2 Å². The van der Waals surface area contributed by atoms with Gasteiger partial charge in [0.25, 0.3) is 0 Å². The van der Waals surface area contributed by atoms with Gasteiger partial charge >= 0.3 is 6.18 Å². The lowest BCUT2D eigenvalue weighted by Crippen LogP contribution is -2.12. The van der Waals surface area contributed by atoms with Crippen LogP contribution in [0.5, 0.6) is 0 Å². The van der Waals surface area contributed by atoms with E-state index in [9.17, 15) is 13.2 Å². The summed E-state index contributed by atoms with van der Waals surface area (Å²) in [6.07, 6.45) is -3.69. The Balaban J connectivity index is 3.20. The van der Waals surface area contributed by atoms with Crippen LogP contribution in [0.1, 0.15) is 17.1 Å². The highest BCUT2D eigenvalue weighted by Gasteiger charge is 2.34. The predicted molar refractivity (Wildman–Crippen MR) is 36.5 cm³/mol. The Hall–Kier alpha value is -1.64. The Bertz CT molecular complexity index is 364. The van der Waals surface area contributed by atoms with Crippen LogP contribution < -0.4 is 0 Å². The van der Waals surface area contributed by atoms with Crippen LogP contribution in [0, 0.1) is 18.3 Å². The molecule has 0 spiro atoms. The smallest absolute Gasteiger partial charge is 0.232 e. The number of hydrogen-bond donors (Lipinski definition) is 0. The molecule has 1 aromatic rings. The summed E-state index contributed by atoms with van der Waals surface area (Å²) >= 11 is 0. The minimum absolute atomic E-state index is 0.0322. The van der Waals surface area contributed by atoms with Gasteiger partial charge in [-0.1, -0.05) is 0 Å². The number of alkyl halides is 3. The average molecular weight is 187 g/mol. The maximum atomic E-state index is 12.0. The second-order valence-electron chi connectivity index (χ2n) is 2.30. The minimum atomic E-state index is -4.56. The van der Waals surface area contributed by atoms with Crippen LogP contribution in [-0.4, -0.2) is 9.97 Å². The van der Waals surface area contributed by atoms with Crippen LogP contribution in [0.15, 0.2) is 6.20 Å². The van der Waals surface area contributed by atoms with Crippen molar-refractivity contribution in [2.75, 3.05) is 0 Å². The van der Waals surface area contributed by atoms with Gasteiger partial charge in [0.15, 0.2) is 0 Å². The topological polar surface area (TPSA) is 49.6 Å². The first-order valence-corrected chi connectivity index (χ1v) is 3.26. The van der Waals surface area contributed by atoms with E-state index in [4.69, 9.17) is 5.26 Å². The summed E-state index contributed by atoms with van der Waals surface area (Å²) in [7, 11) is 0. The first kappa shape index (κ1) is 9.45. The Labute approximate surface area is 71.9 Å². The lowest BCUT2D eigenvalue weighted by molar-refractivity contribution is -0.145. The minimum Gasteiger partial charge on any atom is -0.232 e. The molecule has 0 atom stereocenters. The maximum absolute atomic E-state index is 12.0. The van der Waals surface area contributed by atoms with Gasteiger partial charge in [0.05, 0.1) is 11.3 Å². The first-order valence-electron chi connectivity index (χ1n) is 3.26. The monoisotopic (exact) mass is 187 g/mol. The van der Waals surface area contributed by atoms with Crippen molar-refractivity contribution in [3.63, 3.8) is 0 Å². The Morgan fingerprint density at radius 1 is 1.46 bits per heavy atom. The van der Waals surface area contributed by atoms with Gasteiger partial charge in [-0.25, -0.2) is 9.97 Å². The number of aryl methyl sites for hydroxylation is 1. The van der Waals surface area contributed by atoms with Crippen LogP contribution >= 0.6 is 0 Å². The molecule has 0 bridgehead atoms. The van der Waals surface area contributed by atoms with Gasteiger partial charge in [0.2, 0.25) is 5.82 Å². The van der Waals surface area contributed by atoms with Gasteiger partial charge < -0.3 is 0 Å². The van der Waals surface area contributed by atoms with E-state index in [-0.39, 0.29) is 11.3 Å². The Morgan fingerprint density at radius 3 is 2.46 bits per heavy atom. The lowest BCUT2D eigenvalue weighted by atomic mass is 10.3. The molecular formula is C7H4F3N3. The third-order valence-corrected chi connectivity index (χ3v) is 1.35. The maximum Gasteiger partial charge on any atom is 0.451 e. The molecule has 6 heteroatoms. The molecule has 1 aromatic heterocycles. The molecule has 0 aromatic carbocycles. The fraction of sp³-hybridized carbons (Fsp3) is 0.286. The zero-order chi connectivity index (χ0) is 10.1. The predicted octanol–water partition coefficient (Wildman–Crippen LogP) is 1.68. The van der Waals surface area contributed by atoms with E-state index in [2.05, 4.69) is 9.97 Å². The van der Waals surface area contributed by atoms with Crippen molar-refractivity contribution in [3.05, 3.63) is 23.3 Å². The zero-order valence-corrected chi connectivity index (χ0v) is 6.55.